The Hall–Kier alpha value is -2.21. The molecule has 0 atom stereocenters. The SMILES string of the molecule is O=C(CSc1nnc(-c2cccs2)o1)Nc1cccc(S(=O)(=O)N2CCCCCC2)c1. The summed E-state index contributed by atoms with van der Waals surface area (Å²) in [7, 11) is -3.57. The van der Waals surface area contributed by atoms with Gasteiger partial charge in [0.1, 0.15) is 0 Å². The molecule has 8 nitrogen and oxygen atoms in total. The summed E-state index contributed by atoms with van der Waals surface area (Å²) in [6, 6.07) is 10.2. The van der Waals surface area contributed by atoms with Crippen LogP contribution in [0.15, 0.2) is 56.3 Å². The van der Waals surface area contributed by atoms with Gasteiger partial charge in [0.15, 0.2) is 0 Å². The van der Waals surface area contributed by atoms with Gasteiger partial charge in [0.2, 0.25) is 15.9 Å². The Morgan fingerprint density at radius 1 is 1.13 bits per heavy atom. The van der Waals surface area contributed by atoms with Crippen molar-refractivity contribution in [2.24, 2.45) is 0 Å². The zero-order valence-corrected chi connectivity index (χ0v) is 19.1. The Bertz CT molecular complexity index is 1120. The van der Waals surface area contributed by atoms with Crippen molar-refractivity contribution in [2.45, 2.75) is 35.8 Å². The summed E-state index contributed by atoms with van der Waals surface area (Å²) < 4.78 is 33.0. The molecule has 3 heterocycles. The normalized spacial score (nSPS) is 15.5. The standard InChI is InChI=1S/C20H22N4O4S3/c25-18(14-30-20-23-22-19(28-20)17-9-6-12-29-17)21-15-7-5-8-16(13-15)31(26,27)24-10-3-1-2-4-11-24/h5-9,12-13H,1-4,10-11,14H2,(H,21,25). The van der Waals surface area contributed by atoms with Crippen LogP contribution in [0.1, 0.15) is 25.7 Å². The number of nitrogens with zero attached hydrogens (tertiary/aromatic N) is 3. The Labute approximate surface area is 189 Å². The Morgan fingerprint density at radius 2 is 1.94 bits per heavy atom. The second-order valence-corrected chi connectivity index (χ2v) is 10.8. The number of amides is 1. The number of nitrogens with one attached hydrogen (secondary N) is 1. The van der Waals surface area contributed by atoms with Crippen LogP contribution in [0.25, 0.3) is 10.8 Å². The van der Waals surface area contributed by atoms with Gasteiger partial charge in [-0.15, -0.1) is 21.5 Å². The second-order valence-electron chi connectivity index (χ2n) is 7.03. The quantitative estimate of drug-likeness (QED) is 0.510. The number of carbonyl (C=O) groups excluding carboxylic acids is 1. The molecule has 1 aromatic carbocycles. The van der Waals surface area contributed by atoms with Gasteiger partial charge >= 0.3 is 0 Å². The van der Waals surface area contributed by atoms with Gasteiger partial charge in [-0.25, -0.2) is 8.42 Å². The molecule has 164 valence electrons. The first kappa shape index (κ1) is 22.0. The van der Waals surface area contributed by atoms with E-state index in [0.717, 1.165) is 42.3 Å². The fourth-order valence-corrected chi connectivity index (χ4v) is 6.03. The predicted octanol–water partition coefficient (Wildman–Crippen LogP) is 4.09. The van der Waals surface area contributed by atoms with Gasteiger partial charge in [-0.3, -0.25) is 4.79 Å². The molecule has 11 heteroatoms. The summed E-state index contributed by atoms with van der Waals surface area (Å²) in [5, 5.41) is 12.9. The maximum atomic E-state index is 13.0. The zero-order chi connectivity index (χ0) is 21.7. The summed E-state index contributed by atoms with van der Waals surface area (Å²) in [6.07, 6.45) is 3.84. The molecule has 0 radical (unpaired) electrons. The maximum absolute atomic E-state index is 13.0. The molecular weight excluding hydrogens is 456 g/mol. The molecule has 1 aliphatic rings. The van der Waals surface area contributed by atoms with Crippen LogP contribution in [0.5, 0.6) is 0 Å². The summed E-state index contributed by atoms with van der Waals surface area (Å²) >= 11 is 2.62. The maximum Gasteiger partial charge on any atom is 0.277 e. The lowest BCUT2D eigenvalue weighted by Crippen LogP contribution is -2.32. The van der Waals surface area contributed by atoms with E-state index in [9.17, 15) is 13.2 Å². The topological polar surface area (TPSA) is 105 Å². The van der Waals surface area contributed by atoms with E-state index >= 15 is 0 Å². The van der Waals surface area contributed by atoms with Crippen molar-refractivity contribution >= 4 is 44.7 Å². The minimum atomic E-state index is -3.57. The smallest absolute Gasteiger partial charge is 0.277 e. The fourth-order valence-electron chi connectivity index (χ4n) is 3.26. The lowest BCUT2D eigenvalue weighted by atomic mass is 10.2. The van der Waals surface area contributed by atoms with Gasteiger partial charge in [0.25, 0.3) is 11.1 Å². The number of anilines is 1. The first-order valence-corrected chi connectivity index (χ1v) is 13.2. The van der Waals surface area contributed by atoms with Crippen molar-refractivity contribution in [2.75, 3.05) is 24.2 Å². The van der Waals surface area contributed by atoms with Gasteiger partial charge in [-0.05, 0) is 42.5 Å². The number of hydrogen-bond acceptors (Lipinski definition) is 8. The van der Waals surface area contributed by atoms with Crippen LogP contribution in [0.2, 0.25) is 0 Å². The number of hydrogen-bond donors (Lipinski definition) is 1. The minimum absolute atomic E-state index is 0.0647. The number of thioether (sulfide) groups is 1. The van der Waals surface area contributed by atoms with E-state index in [4.69, 9.17) is 4.42 Å². The van der Waals surface area contributed by atoms with E-state index in [1.807, 2.05) is 17.5 Å². The summed E-state index contributed by atoms with van der Waals surface area (Å²) in [5.74, 6) is 0.198. The number of carbonyl (C=O) groups is 1. The molecule has 31 heavy (non-hydrogen) atoms. The molecular formula is C20H22N4O4S3. The first-order valence-electron chi connectivity index (χ1n) is 9.92. The molecule has 0 saturated carbocycles. The predicted molar refractivity (Wildman–Crippen MR) is 121 cm³/mol. The number of aromatic nitrogens is 2. The molecule has 0 bridgehead atoms. The van der Waals surface area contributed by atoms with Crippen LogP contribution in [-0.2, 0) is 14.8 Å². The van der Waals surface area contributed by atoms with E-state index in [-0.39, 0.29) is 16.6 Å². The number of rotatable bonds is 7. The Morgan fingerprint density at radius 3 is 2.68 bits per heavy atom. The van der Waals surface area contributed by atoms with Crippen molar-refractivity contribution in [3.05, 3.63) is 41.8 Å². The Kier molecular flexibility index (Phi) is 7.06. The number of thiophene rings is 1. The lowest BCUT2D eigenvalue weighted by Gasteiger charge is -2.20. The second kappa shape index (κ2) is 9.94. The molecule has 0 unspecified atom stereocenters. The average Bonchev–Trinajstić information content (AvgIpc) is 3.38. The highest BCUT2D eigenvalue weighted by Crippen LogP contribution is 2.27. The van der Waals surface area contributed by atoms with Gasteiger partial charge in [-0.2, -0.15) is 4.31 Å². The summed E-state index contributed by atoms with van der Waals surface area (Å²) in [4.78, 5) is 13.4. The molecule has 0 spiro atoms. The monoisotopic (exact) mass is 478 g/mol. The molecule has 1 fully saturated rings. The molecule has 1 saturated heterocycles. The van der Waals surface area contributed by atoms with Crippen molar-refractivity contribution in [3.8, 4) is 10.8 Å². The van der Waals surface area contributed by atoms with Crippen LogP contribution >= 0.6 is 23.1 Å². The molecule has 1 amide bonds. The molecule has 1 aliphatic heterocycles. The van der Waals surface area contributed by atoms with Crippen molar-refractivity contribution in [1.29, 1.82) is 0 Å². The van der Waals surface area contributed by atoms with E-state index < -0.39 is 10.0 Å². The summed E-state index contributed by atoms with van der Waals surface area (Å²) in [5.41, 5.74) is 0.436. The van der Waals surface area contributed by atoms with E-state index in [1.165, 1.54) is 21.7 Å². The average molecular weight is 479 g/mol. The third-order valence-electron chi connectivity index (χ3n) is 4.79. The van der Waals surface area contributed by atoms with Crippen LogP contribution in [-0.4, -0.2) is 47.7 Å². The third kappa shape index (κ3) is 5.53. The van der Waals surface area contributed by atoms with Crippen LogP contribution in [0.4, 0.5) is 5.69 Å². The highest BCUT2D eigenvalue weighted by atomic mass is 32.2. The van der Waals surface area contributed by atoms with Crippen molar-refractivity contribution in [1.82, 2.24) is 14.5 Å². The molecule has 1 N–H and O–H groups in total. The molecule has 2 aromatic heterocycles. The van der Waals surface area contributed by atoms with Crippen LogP contribution in [0.3, 0.4) is 0 Å². The molecule has 4 rings (SSSR count). The first-order chi connectivity index (χ1) is 15.0. The fraction of sp³-hybridized carbons (Fsp3) is 0.350. The van der Waals surface area contributed by atoms with Gasteiger partial charge < -0.3 is 9.73 Å². The Balaban J connectivity index is 1.36. The van der Waals surface area contributed by atoms with Crippen LogP contribution in [0, 0.1) is 0 Å². The van der Waals surface area contributed by atoms with E-state index in [2.05, 4.69) is 15.5 Å². The minimum Gasteiger partial charge on any atom is -0.410 e. The lowest BCUT2D eigenvalue weighted by molar-refractivity contribution is -0.113. The van der Waals surface area contributed by atoms with Gasteiger partial charge in [0.05, 0.1) is 15.5 Å². The van der Waals surface area contributed by atoms with E-state index in [1.54, 1.807) is 18.2 Å². The number of sulfonamides is 1. The van der Waals surface area contributed by atoms with E-state index in [0.29, 0.717) is 29.9 Å². The van der Waals surface area contributed by atoms with Crippen molar-refractivity contribution < 1.29 is 17.6 Å². The summed E-state index contributed by atoms with van der Waals surface area (Å²) in [6.45, 7) is 1.07. The van der Waals surface area contributed by atoms with Gasteiger partial charge in [0, 0.05) is 18.8 Å². The molecule has 0 aliphatic carbocycles. The zero-order valence-electron chi connectivity index (χ0n) is 16.7. The third-order valence-corrected chi connectivity index (χ3v) is 8.36. The largest absolute Gasteiger partial charge is 0.410 e. The highest BCUT2D eigenvalue weighted by Gasteiger charge is 2.25. The molecule has 3 aromatic rings. The number of benzene rings is 1. The van der Waals surface area contributed by atoms with Crippen molar-refractivity contribution in [3.63, 3.8) is 0 Å². The van der Waals surface area contributed by atoms with Gasteiger partial charge in [-0.1, -0.05) is 36.7 Å². The van der Waals surface area contributed by atoms with Crippen LogP contribution < -0.4 is 5.32 Å². The highest BCUT2D eigenvalue weighted by molar-refractivity contribution is 7.99.